The average molecular weight is 215 g/mol. The topological polar surface area (TPSA) is 26.0 Å². The molecule has 0 spiro atoms. The molecule has 0 unspecified atom stereocenters. The molecule has 0 amide bonds. The van der Waals surface area contributed by atoms with E-state index >= 15 is 0 Å². The summed E-state index contributed by atoms with van der Waals surface area (Å²) >= 11 is 0. The molecule has 1 saturated carbocycles. The van der Waals surface area contributed by atoms with E-state index in [9.17, 15) is 13.2 Å². The lowest BCUT2D eigenvalue weighted by Gasteiger charge is -2.47. The Morgan fingerprint density at radius 3 is 2.27 bits per heavy atom. The van der Waals surface area contributed by atoms with Crippen molar-refractivity contribution in [3.63, 3.8) is 0 Å². The van der Waals surface area contributed by atoms with Gasteiger partial charge in [0.05, 0.1) is 0 Å². The fourth-order valence-corrected chi connectivity index (χ4v) is 2.27. The first-order chi connectivity index (χ1) is 6.99. The number of hydrogen-bond acceptors (Lipinski definition) is 1. The number of alkyl halides is 2. The summed E-state index contributed by atoms with van der Waals surface area (Å²) in [4.78, 5) is 0. The first-order valence-corrected chi connectivity index (χ1v) is 4.82. The Labute approximate surface area is 86.1 Å². The summed E-state index contributed by atoms with van der Waals surface area (Å²) < 4.78 is 39.2. The molecule has 2 N–H and O–H groups in total. The zero-order chi connectivity index (χ0) is 11.1. The second kappa shape index (κ2) is 3.23. The fraction of sp³-hybridized carbons (Fsp3) is 0.455. The van der Waals surface area contributed by atoms with Crippen molar-refractivity contribution in [3.05, 3.63) is 35.6 Å². The van der Waals surface area contributed by atoms with Crippen LogP contribution in [0.4, 0.5) is 13.2 Å². The Hall–Kier alpha value is -1.03. The van der Waals surface area contributed by atoms with Gasteiger partial charge in [-0.1, -0.05) is 18.2 Å². The third kappa shape index (κ3) is 1.63. The van der Waals surface area contributed by atoms with Crippen LogP contribution >= 0.6 is 0 Å². The maximum Gasteiger partial charge on any atom is 0.250 e. The highest BCUT2D eigenvalue weighted by Gasteiger charge is 2.57. The molecule has 1 aromatic rings. The van der Waals surface area contributed by atoms with Gasteiger partial charge in [-0.2, -0.15) is 0 Å². The molecule has 4 heteroatoms. The van der Waals surface area contributed by atoms with Gasteiger partial charge in [0.15, 0.2) is 0 Å². The molecule has 15 heavy (non-hydrogen) atoms. The third-order valence-electron chi connectivity index (χ3n) is 3.03. The van der Waals surface area contributed by atoms with Crippen LogP contribution in [0.3, 0.4) is 0 Å². The average Bonchev–Trinajstić information content (AvgIpc) is 2.14. The third-order valence-corrected chi connectivity index (χ3v) is 3.03. The van der Waals surface area contributed by atoms with Crippen molar-refractivity contribution in [1.29, 1.82) is 0 Å². The van der Waals surface area contributed by atoms with Gasteiger partial charge in [-0.3, -0.25) is 0 Å². The number of benzene rings is 1. The Bertz CT molecular complexity index is 368. The molecular formula is C11H12F3N. The van der Waals surface area contributed by atoms with Crippen LogP contribution < -0.4 is 5.73 Å². The highest BCUT2D eigenvalue weighted by Crippen LogP contribution is 2.53. The van der Waals surface area contributed by atoms with Crippen LogP contribution in [0.15, 0.2) is 24.3 Å². The SMILES string of the molecule is NCC1(c2ccccc2F)CC(F)(F)C1. The van der Waals surface area contributed by atoms with Gasteiger partial charge in [0.2, 0.25) is 5.92 Å². The van der Waals surface area contributed by atoms with Gasteiger partial charge in [-0.25, -0.2) is 13.2 Å². The van der Waals surface area contributed by atoms with Crippen LogP contribution in [-0.2, 0) is 5.41 Å². The van der Waals surface area contributed by atoms with Crippen LogP contribution in [0, 0.1) is 5.82 Å². The number of nitrogens with two attached hydrogens (primary N) is 1. The smallest absolute Gasteiger partial charge is 0.250 e. The van der Waals surface area contributed by atoms with E-state index in [2.05, 4.69) is 0 Å². The van der Waals surface area contributed by atoms with Crippen LogP contribution in [0.2, 0.25) is 0 Å². The molecule has 0 aromatic heterocycles. The summed E-state index contributed by atoms with van der Waals surface area (Å²) in [5.41, 5.74) is 4.94. The van der Waals surface area contributed by atoms with E-state index in [1.54, 1.807) is 12.1 Å². The van der Waals surface area contributed by atoms with Gasteiger partial charge < -0.3 is 5.73 Å². The van der Waals surface area contributed by atoms with Crippen molar-refractivity contribution < 1.29 is 13.2 Å². The minimum Gasteiger partial charge on any atom is -0.330 e. The van der Waals surface area contributed by atoms with Crippen molar-refractivity contribution in [1.82, 2.24) is 0 Å². The quantitative estimate of drug-likeness (QED) is 0.805. The normalized spacial score (nSPS) is 22.1. The Balaban J connectivity index is 2.34. The summed E-state index contributed by atoms with van der Waals surface area (Å²) in [6, 6.07) is 6.01. The van der Waals surface area contributed by atoms with Gasteiger partial charge in [-0.15, -0.1) is 0 Å². The van der Waals surface area contributed by atoms with Gasteiger partial charge in [0.25, 0.3) is 0 Å². The van der Waals surface area contributed by atoms with E-state index in [4.69, 9.17) is 5.73 Å². The van der Waals surface area contributed by atoms with Crippen LogP contribution in [0.1, 0.15) is 18.4 Å². The summed E-state index contributed by atoms with van der Waals surface area (Å²) in [5, 5.41) is 0. The monoisotopic (exact) mass is 215 g/mol. The van der Waals surface area contributed by atoms with Crippen molar-refractivity contribution >= 4 is 0 Å². The molecule has 1 aliphatic carbocycles. The fourth-order valence-electron chi connectivity index (χ4n) is 2.27. The molecule has 0 aliphatic heterocycles. The molecule has 1 nitrogen and oxygen atoms in total. The molecule has 82 valence electrons. The van der Waals surface area contributed by atoms with E-state index < -0.39 is 17.2 Å². The zero-order valence-corrected chi connectivity index (χ0v) is 8.14. The molecule has 1 aliphatic rings. The van der Waals surface area contributed by atoms with E-state index in [0.717, 1.165) is 0 Å². The Morgan fingerprint density at radius 2 is 1.80 bits per heavy atom. The standard InChI is InChI=1S/C11H12F3N/c12-9-4-2-1-3-8(9)10(7-15)5-11(13,14)6-10/h1-4H,5-7,15H2. The molecule has 2 rings (SSSR count). The molecule has 0 radical (unpaired) electrons. The molecule has 1 aromatic carbocycles. The second-order valence-electron chi connectivity index (χ2n) is 4.17. The number of halogens is 3. The Morgan fingerprint density at radius 1 is 1.20 bits per heavy atom. The van der Waals surface area contributed by atoms with E-state index in [-0.39, 0.29) is 19.4 Å². The van der Waals surface area contributed by atoms with Crippen LogP contribution in [-0.4, -0.2) is 12.5 Å². The molecule has 0 heterocycles. The van der Waals surface area contributed by atoms with E-state index in [1.807, 2.05) is 0 Å². The van der Waals surface area contributed by atoms with Gasteiger partial charge in [0.1, 0.15) is 5.82 Å². The summed E-state index contributed by atoms with van der Waals surface area (Å²) in [6.07, 6.45) is -0.700. The van der Waals surface area contributed by atoms with Crippen molar-refractivity contribution in [2.45, 2.75) is 24.2 Å². The lowest BCUT2D eigenvalue weighted by Crippen LogP contribution is -2.54. The van der Waals surface area contributed by atoms with Crippen LogP contribution in [0.5, 0.6) is 0 Å². The lowest BCUT2D eigenvalue weighted by molar-refractivity contribution is -0.124. The first kappa shape index (κ1) is 10.5. The van der Waals surface area contributed by atoms with Crippen molar-refractivity contribution in [2.24, 2.45) is 5.73 Å². The molecule has 0 atom stereocenters. The van der Waals surface area contributed by atoms with Gasteiger partial charge in [-0.05, 0) is 11.6 Å². The maximum atomic E-state index is 13.4. The molecule has 0 saturated heterocycles. The largest absolute Gasteiger partial charge is 0.330 e. The molecule has 1 fully saturated rings. The van der Waals surface area contributed by atoms with Crippen LogP contribution in [0.25, 0.3) is 0 Å². The highest BCUT2D eigenvalue weighted by atomic mass is 19.3. The minimum absolute atomic E-state index is 0.0591. The molecular weight excluding hydrogens is 203 g/mol. The number of hydrogen-bond donors (Lipinski definition) is 1. The zero-order valence-electron chi connectivity index (χ0n) is 8.14. The predicted molar refractivity (Wildman–Crippen MR) is 51.3 cm³/mol. The Kier molecular flexibility index (Phi) is 2.26. The second-order valence-corrected chi connectivity index (χ2v) is 4.17. The van der Waals surface area contributed by atoms with E-state index in [0.29, 0.717) is 5.56 Å². The van der Waals surface area contributed by atoms with Crippen molar-refractivity contribution in [2.75, 3.05) is 6.54 Å². The highest BCUT2D eigenvalue weighted by molar-refractivity contribution is 5.32. The minimum atomic E-state index is -2.69. The van der Waals surface area contributed by atoms with Crippen molar-refractivity contribution in [3.8, 4) is 0 Å². The van der Waals surface area contributed by atoms with E-state index in [1.165, 1.54) is 12.1 Å². The van der Waals surface area contributed by atoms with Gasteiger partial charge in [0, 0.05) is 24.8 Å². The van der Waals surface area contributed by atoms with Gasteiger partial charge >= 0.3 is 0 Å². The molecule has 0 bridgehead atoms. The summed E-state index contributed by atoms with van der Waals surface area (Å²) in [5.74, 6) is -3.14. The summed E-state index contributed by atoms with van der Waals surface area (Å²) in [7, 11) is 0. The first-order valence-electron chi connectivity index (χ1n) is 4.82. The number of rotatable bonds is 2. The lowest BCUT2D eigenvalue weighted by atomic mass is 9.62. The summed E-state index contributed by atoms with van der Waals surface area (Å²) in [6.45, 7) is 0.0591. The maximum absolute atomic E-state index is 13.4. The predicted octanol–water partition coefficient (Wildman–Crippen LogP) is 2.45.